The van der Waals surface area contributed by atoms with E-state index in [4.69, 9.17) is 17.0 Å². The molecule has 3 rings (SSSR count). The molecule has 0 atom stereocenters. The van der Waals surface area contributed by atoms with Crippen LogP contribution >= 0.6 is 12.2 Å². The third-order valence-corrected chi connectivity index (χ3v) is 5.11. The quantitative estimate of drug-likeness (QED) is 0.756. The van der Waals surface area contributed by atoms with Crippen molar-refractivity contribution in [1.82, 2.24) is 19.7 Å². The highest BCUT2D eigenvalue weighted by molar-refractivity contribution is 7.71. The highest BCUT2D eigenvalue weighted by Crippen LogP contribution is 2.20. The molecule has 26 heavy (non-hydrogen) atoms. The normalized spacial score (nSPS) is 15.2. The maximum absolute atomic E-state index is 12.6. The van der Waals surface area contributed by atoms with Crippen molar-refractivity contribution in [2.45, 2.75) is 39.2 Å². The van der Waals surface area contributed by atoms with Crippen LogP contribution in [0.4, 0.5) is 0 Å². The molecular formula is C19H26N4O2S. The first-order valence-electron chi connectivity index (χ1n) is 9.27. The number of aryl methyl sites for hydroxylation is 1. The van der Waals surface area contributed by atoms with Gasteiger partial charge in [0.25, 0.3) is 0 Å². The SMILES string of the molecule is CCCc1n[nH]c(=S)n1CC(=O)N1CCC(COc2ccccc2)CC1. The number of rotatable bonds is 7. The molecule has 0 bridgehead atoms. The summed E-state index contributed by atoms with van der Waals surface area (Å²) >= 11 is 5.26. The standard InChI is InChI=1S/C19H26N4O2S/c1-2-6-17-20-21-19(26)23(17)13-18(24)22-11-9-15(10-12-22)14-25-16-7-4-3-5-8-16/h3-5,7-8,15H,2,6,9-14H2,1H3,(H,21,26). The van der Waals surface area contributed by atoms with Crippen molar-refractivity contribution < 1.29 is 9.53 Å². The number of para-hydroxylation sites is 1. The summed E-state index contributed by atoms with van der Waals surface area (Å²) in [6.45, 7) is 4.62. The number of aromatic amines is 1. The van der Waals surface area contributed by atoms with Crippen LogP contribution in [0.2, 0.25) is 0 Å². The molecule has 1 aromatic carbocycles. The number of benzene rings is 1. The summed E-state index contributed by atoms with van der Waals surface area (Å²) in [7, 11) is 0. The Morgan fingerprint density at radius 1 is 1.31 bits per heavy atom. The molecule has 140 valence electrons. The molecule has 1 aliphatic heterocycles. The number of hydrogen-bond acceptors (Lipinski definition) is 4. The predicted molar refractivity (Wildman–Crippen MR) is 103 cm³/mol. The Morgan fingerprint density at radius 3 is 2.73 bits per heavy atom. The summed E-state index contributed by atoms with van der Waals surface area (Å²) in [5.41, 5.74) is 0. The molecule has 0 radical (unpaired) electrons. The fraction of sp³-hybridized carbons (Fsp3) is 0.526. The lowest BCUT2D eigenvalue weighted by Gasteiger charge is -2.32. The number of amides is 1. The first-order chi connectivity index (χ1) is 12.7. The molecule has 1 saturated heterocycles. The van der Waals surface area contributed by atoms with E-state index in [0.717, 1.165) is 50.3 Å². The van der Waals surface area contributed by atoms with Gasteiger partial charge in [0.15, 0.2) is 4.77 Å². The second kappa shape index (κ2) is 8.98. The average Bonchev–Trinajstić information content (AvgIpc) is 3.01. The number of hydrogen-bond donors (Lipinski definition) is 1. The van der Waals surface area contributed by atoms with Gasteiger partial charge in [-0.15, -0.1) is 0 Å². The van der Waals surface area contributed by atoms with Gasteiger partial charge in [-0.25, -0.2) is 0 Å². The number of ether oxygens (including phenoxy) is 1. The van der Waals surface area contributed by atoms with Gasteiger partial charge in [0.05, 0.1) is 6.61 Å². The highest BCUT2D eigenvalue weighted by Gasteiger charge is 2.24. The minimum absolute atomic E-state index is 0.113. The van der Waals surface area contributed by atoms with Gasteiger partial charge in [0, 0.05) is 19.5 Å². The van der Waals surface area contributed by atoms with E-state index in [-0.39, 0.29) is 12.5 Å². The minimum Gasteiger partial charge on any atom is -0.493 e. The van der Waals surface area contributed by atoms with Crippen LogP contribution in [0.3, 0.4) is 0 Å². The summed E-state index contributed by atoms with van der Waals surface area (Å²) in [5, 5.41) is 7.03. The van der Waals surface area contributed by atoms with E-state index in [1.54, 1.807) is 0 Å². The number of carbonyl (C=O) groups excluding carboxylic acids is 1. The fourth-order valence-electron chi connectivity index (χ4n) is 3.24. The van der Waals surface area contributed by atoms with Gasteiger partial charge in [-0.05, 0) is 49.5 Å². The first kappa shape index (κ1) is 18.6. The van der Waals surface area contributed by atoms with Crippen LogP contribution in [0.5, 0.6) is 5.75 Å². The summed E-state index contributed by atoms with van der Waals surface area (Å²) in [5.74, 6) is 2.37. The van der Waals surface area contributed by atoms with Crippen LogP contribution in [0, 0.1) is 10.7 Å². The second-order valence-electron chi connectivity index (χ2n) is 6.73. The van der Waals surface area contributed by atoms with E-state index in [0.29, 0.717) is 17.3 Å². The van der Waals surface area contributed by atoms with Crippen molar-refractivity contribution in [2.24, 2.45) is 5.92 Å². The van der Waals surface area contributed by atoms with E-state index < -0.39 is 0 Å². The fourth-order valence-corrected chi connectivity index (χ4v) is 3.46. The van der Waals surface area contributed by atoms with Crippen molar-refractivity contribution in [3.8, 4) is 5.75 Å². The Kier molecular flexibility index (Phi) is 6.44. The number of H-pyrrole nitrogens is 1. The molecule has 0 saturated carbocycles. The van der Waals surface area contributed by atoms with Crippen LogP contribution in [-0.2, 0) is 17.8 Å². The van der Waals surface area contributed by atoms with Gasteiger partial charge in [0.2, 0.25) is 5.91 Å². The number of nitrogens with zero attached hydrogens (tertiary/aromatic N) is 3. The number of likely N-dealkylation sites (tertiary alicyclic amines) is 1. The number of piperidine rings is 1. The van der Waals surface area contributed by atoms with E-state index >= 15 is 0 Å². The maximum atomic E-state index is 12.6. The third-order valence-electron chi connectivity index (χ3n) is 4.80. The van der Waals surface area contributed by atoms with Crippen molar-refractivity contribution in [2.75, 3.05) is 19.7 Å². The van der Waals surface area contributed by atoms with Crippen molar-refractivity contribution >= 4 is 18.1 Å². The van der Waals surface area contributed by atoms with Gasteiger partial charge in [-0.3, -0.25) is 14.5 Å². The molecule has 7 heteroatoms. The van der Waals surface area contributed by atoms with E-state index in [1.165, 1.54) is 0 Å². The molecule has 1 fully saturated rings. The zero-order chi connectivity index (χ0) is 18.4. The lowest BCUT2D eigenvalue weighted by molar-refractivity contribution is -0.133. The van der Waals surface area contributed by atoms with Crippen molar-refractivity contribution in [1.29, 1.82) is 0 Å². The molecule has 1 amide bonds. The topological polar surface area (TPSA) is 63.2 Å². The predicted octanol–water partition coefficient (Wildman–Crippen LogP) is 3.21. The maximum Gasteiger partial charge on any atom is 0.242 e. The van der Waals surface area contributed by atoms with Gasteiger partial charge < -0.3 is 9.64 Å². The summed E-state index contributed by atoms with van der Waals surface area (Å²) in [6.07, 6.45) is 3.73. The third kappa shape index (κ3) is 4.72. The van der Waals surface area contributed by atoms with Gasteiger partial charge in [-0.1, -0.05) is 25.1 Å². The zero-order valence-electron chi connectivity index (χ0n) is 15.2. The van der Waals surface area contributed by atoms with Crippen molar-refractivity contribution in [3.05, 3.63) is 40.9 Å². The Bertz CT molecular complexity index is 763. The van der Waals surface area contributed by atoms with Gasteiger partial charge in [-0.2, -0.15) is 5.10 Å². The lowest BCUT2D eigenvalue weighted by Crippen LogP contribution is -2.41. The highest BCUT2D eigenvalue weighted by atomic mass is 32.1. The molecule has 2 aromatic rings. The molecule has 1 aliphatic rings. The zero-order valence-corrected chi connectivity index (χ0v) is 16.0. The summed E-state index contributed by atoms with van der Waals surface area (Å²) in [4.78, 5) is 14.6. The van der Waals surface area contributed by atoms with Crippen LogP contribution in [0.15, 0.2) is 30.3 Å². The molecule has 0 spiro atoms. The minimum atomic E-state index is 0.113. The van der Waals surface area contributed by atoms with Crippen LogP contribution in [0.25, 0.3) is 0 Å². The number of nitrogens with one attached hydrogen (secondary N) is 1. The van der Waals surface area contributed by atoms with Crippen LogP contribution in [0.1, 0.15) is 32.0 Å². The molecule has 1 N–H and O–H groups in total. The molecule has 0 unspecified atom stereocenters. The molecule has 6 nitrogen and oxygen atoms in total. The molecule has 2 heterocycles. The molecule has 1 aromatic heterocycles. The van der Waals surface area contributed by atoms with Crippen molar-refractivity contribution in [3.63, 3.8) is 0 Å². The van der Waals surface area contributed by atoms with Crippen LogP contribution in [-0.4, -0.2) is 45.3 Å². The molecular weight excluding hydrogens is 348 g/mol. The monoisotopic (exact) mass is 374 g/mol. The summed E-state index contributed by atoms with van der Waals surface area (Å²) < 4.78 is 8.20. The van der Waals surface area contributed by atoms with Gasteiger partial charge >= 0.3 is 0 Å². The van der Waals surface area contributed by atoms with E-state index in [2.05, 4.69) is 17.1 Å². The van der Waals surface area contributed by atoms with Gasteiger partial charge in [0.1, 0.15) is 18.1 Å². The Balaban J connectivity index is 1.48. The Morgan fingerprint density at radius 2 is 2.04 bits per heavy atom. The first-order valence-corrected chi connectivity index (χ1v) is 9.68. The lowest BCUT2D eigenvalue weighted by atomic mass is 9.98. The smallest absolute Gasteiger partial charge is 0.242 e. The number of aromatic nitrogens is 3. The average molecular weight is 375 g/mol. The van der Waals surface area contributed by atoms with E-state index in [9.17, 15) is 4.79 Å². The molecule has 0 aliphatic carbocycles. The van der Waals surface area contributed by atoms with E-state index in [1.807, 2.05) is 39.8 Å². The van der Waals surface area contributed by atoms with Crippen LogP contribution < -0.4 is 4.74 Å². The Hall–Kier alpha value is -2.15. The second-order valence-corrected chi connectivity index (χ2v) is 7.12. The Labute approximate surface area is 159 Å². The largest absolute Gasteiger partial charge is 0.493 e. The number of carbonyl (C=O) groups is 1. The summed E-state index contributed by atoms with van der Waals surface area (Å²) in [6, 6.07) is 9.88.